The highest BCUT2D eigenvalue weighted by atomic mass is 16.5. The van der Waals surface area contributed by atoms with E-state index < -0.39 is 0 Å². The molecule has 0 aliphatic carbocycles. The van der Waals surface area contributed by atoms with E-state index >= 15 is 0 Å². The van der Waals surface area contributed by atoms with Gasteiger partial charge in [0.15, 0.2) is 0 Å². The first kappa shape index (κ1) is 15.2. The van der Waals surface area contributed by atoms with Crippen LogP contribution in [-0.4, -0.2) is 18.7 Å². The average Bonchev–Trinajstić information content (AvgIpc) is 2.35. The Labute approximate surface area is 123 Å². The fourth-order valence-corrected chi connectivity index (χ4v) is 3.85. The molecule has 0 saturated carbocycles. The van der Waals surface area contributed by atoms with Crippen LogP contribution in [0.1, 0.15) is 58.1 Å². The second-order valence-electron chi connectivity index (χ2n) is 6.81. The average molecular weight is 276 g/mol. The predicted molar refractivity (Wildman–Crippen MR) is 85.6 cm³/mol. The van der Waals surface area contributed by atoms with Crippen molar-refractivity contribution in [3.05, 3.63) is 23.3 Å². The van der Waals surface area contributed by atoms with Crippen molar-refractivity contribution in [3.63, 3.8) is 0 Å². The molecule has 1 heterocycles. The van der Waals surface area contributed by atoms with Gasteiger partial charge in [-0.1, -0.05) is 6.92 Å². The topological polar surface area (TPSA) is 38.5 Å². The Balaban J connectivity index is 2.64. The van der Waals surface area contributed by atoms with Gasteiger partial charge in [0.2, 0.25) is 0 Å². The first-order valence-electron chi connectivity index (χ1n) is 7.52. The summed E-state index contributed by atoms with van der Waals surface area (Å²) >= 11 is 0. The molecule has 0 aromatic heterocycles. The minimum atomic E-state index is 0.163. The summed E-state index contributed by atoms with van der Waals surface area (Å²) in [6, 6.07) is 4.88. The number of rotatable bonds is 3. The van der Waals surface area contributed by atoms with Gasteiger partial charge in [0, 0.05) is 35.4 Å². The Morgan fingerprint density at radius 1 is 1.40 bits per heavy atom. The standard InChI is InChI=1S/C17H28N2O/c1-11(2)19-15-8-16(20-6)13(10-18)7-14(15)12(3)9-17(19,4)5/h7-8,11-12H,9-10,18H2,1-6H3/t12-/m1/s1. The van der Waals surface area contributed by atoms with Crippen molar-refractivity contribution in [2.24, 2.45) is 5.73 Å². The summed E-state index contributed by atoms with van der Waals surface area (Å²) in [5, 5.41) is 0. The first-order valence-corrected chi connectivity index (χ1v) is 7.52. The van der Waals surface area contributed by atoms with Crippen LogP contribution in [0, 0.1) is 0 Å². The number of nitrogens with zero attached hydrogens (tertiary/aromatic N) is 1. The van der Waals surface area contributed by atoms with Crippen LogP contribution in [0.15, 0.2) is 12.1 Å². The molecule has 0 saturated heterocycles. The molecule has 1 aliphatic rings. The highest BCUT2D eigenvalue weighted by molar-refractivity contribution is 5.64. The molecule has 112 valence electrons. The van der Waals surface area contributed by atoms with Crippen LogP contribution in [0.2, 0.25) is 0 Å². The van der Waals surface area contributed by atoms with Crippen molar-refractivity contribution >= 4 is 5.69 Å². The van der Waals surface area contributed by atoms with E-state index in [4.69, 9.17) is 10.5 Å². The third kappa shape index (κ3) is 2.39. The molecular formula is C17H28N2O. The first-order chi connectivity index (χ1) is 9.31. The van der Waals surface area contributed by atoms with Gasteiger partial charge < -0.3 is 15.4 Å². The Morgan fingerprint density at radius 2 is 2.05 bits per heavy atom. The second kappa shape index (κ2) is 5.28. The van der Waals surface area contributed by atoms with Gasteiger partial charge in [-0.3, -0.25) is 0 Å². The lowest BCUT2D eigenvalue weighted by Gasteiger charge is -2.50. The van der Waals surface area contributed by atoms with Crippen molar-refractivity contribution in [1.29, 1.82) is 0 Å². The molecule has 1 atom stereocenters. The van der Waals surface area contributed by atoms with Crippen LogP contribution < -0.4 is 15.4 Å². The Hall–Kier alpha value is -1.22. The van der Waals surface area contributed by atoms with Gasteiger partial charge in [0.05, 0.1) is 7.11 Å². The number of ether oxygens (including phenoxy) is 1. The summed E-state index contributed by atoms with van der Waals surface area (Å²) in [4.78, 5) is 2.52. The summed E-state index contributed by atoms with van der Waals surface area (Å²) in [5.41, 5.74) is 9.83. The number of fused-ring (bicyclic) bond motifs is 1. The zero-order chi connectivity index (χ0) is 15.1. The monoisotopic (exact) mass is 276 g/mol. The minimum absolute atomic E-state index is 0.163. The smallest absolute Gasteiger partial charge is 0.125 e. The molecule has 0 radical (unpaired) electrons. The lowest BCUT2D eigenvalue weighted by Crippen LogP contribution is -2.51. The number of hydrogen-bond acceptors (Lipinski definition) is 3. The molecule has 0 bridgehead atoms. The number of benzene rings is 1. The van der Waals surface area contributed by atoms with Crippen LogP contribution in [0.25, 0.3) is 0 Å². The van der Waals surface area contributed by atoms with Gasteiger partial charge in [0.25, 0.3) is 0 Å². The molecule has 2 N–H and O–H groups in total. The van der Waals surface area contributed by atoms with Gasteiger partial charge in [-0.05, 0) is 51.7 Å². The zero-order valence-corrected chi connectivity index (χ0v) is 13.7. The molecular weight excluding hydrogens is 248 g/mol. The maximum absolute atomic E-state index is 5.86. The lowest BCUT2D eigenvalue weighted by atomic mass is 9.78. The molecule has 3 heteroatoms. The number of nitrogens with two attached hydrogens (primary N) is 1. The quantitative estimate of drug-likeness (QED) is 0.915. The molecule has 20 heavy (non-hydrogen) atoms. The predicted octanol–water partition coefficient (Wildman–Crippen LogP) is 3.65. The summed E-state index contributed by atoms with van der Waals surface area (Å²) in [6.07, 6.45) is 1.16. The van der Waals surface area contributed by atoms with Crippen molar-refractivity contribution in [1.82, 2.24) is 0 Å². The molecule has 1 aliphatic heterocycles. The van der Waals surface area contributed by atoms with Crippen LogP contribution in [0.5, 0.6) is 5.75 Å². The maximum Gasteiger partial charge on any atom is 0.125 e. The molecule has 0 unspecified atom stereocenters. The van der Waals surface area contributed by atoms with Crippen LogP contribution >= 0.6 is 0 Å². The molecule has 0 spiro atoms. The van der Waals surface area contributed by atoms with Gasteiger partial charge in [0.1, 0.15) is 5.75 Å². The molecule has 1 aromatic carbocycles. The van der Waals surface area contributed by atoms with Gasteiger partial charge in [-0.2, -0.15) is 0 Å². The van der Waals surface area contributed by atoms with E-state index in [2.05, 4.69) is 51.7 Å². The Morgan fingerprint density at radius 3 is 2.55 bits per heavy atom. The van der Waals surface area contributed by atoms with Crippen molar-refractivity contribution in [2.45, 2.75) is 65.1 Å². The lowest BCUT2D eigenvalue weighted by molar-refractivity contribution is 0.353. The number of methoxy groups -OCH3 is 1. The van der Waals surface area contributed by atoms with E-state index in [0.29, 0.717) is 18.5 Å². The second-order valence-corrected chi connectivity index (χ2v) is 6.81. The number of anilines is 1. The summed E-state index contributed by atoms with van der Waals surface area (Å²) < 4.78 is 5.53. The zero-order valence-electron chi connectivity index (χ0n) is 13.7. The van der Waals surface area contributed by atoms with Crippen molar-refractivity contribution in [3.8, 4) is 5.75 Å². The SMILES string of the molecule is COc1cc2c(cc1CN)[C@H](C)CC(C)(C)N2C(C)C. The van der Waals surface area contributed by atoms with E-state index in [1.54, 1.807) is 7.11 Å². The normalized spacial score (nSPS) is 21.0. The largest absolute Gasteiger partial charge is 0.496 e. The molecule has 3 nitrogen and oxygen atoms in total. The van der Waals surface area contributed by atoms with E-state index in [1.807, 2.05) is 0 Å². The molecule has 0 amide bonds. The fourth-order valence-electron chi connectivity index (χ4n) is 3.85. The van der Waals surface area contributed by atoms with E-state index in [9.17, 15) is 0 Å². The highest BCUT2D eigenvalue weighted by Gasteiger charge is 2.38. The van der Waals surface area contributed by atoms with E-state index in [0.717, 1.165) is 17.7 Å². The van der Waals surface area contributed by atoms with Gasteiger partial charge in [-0.15, -0.1) is 0 Å². The van der Waals surface area contributed by atoms with E-state index in [-0.39, 0.29) is 5.54 Å². The molecule has 1 aromatic rings. The highest BCUT2D eigenvalue weighted by Crippen LogP contribution is 2.46. The number of hydrogen-bond donors (Lipinski definition) is 1. The molecule has 2 rings (SSSR count). The fraction of sp³-hybridized carbons (Fsp3) is 0.647. The summed E-state index contributed by atoms with van der Waals surface area (Å²) in [5.74, 6) is 1.45. The minimum Gasteiger partial charge on any atom is -0.496 e. The Kier molecular flexibility index (Phi) is 4.01. The summed E-state index contributed by atoms with van der Waals surface area (Å²) in [7, 11) is 1.72. The maximum atomic E-state index is 5.86. The van der Waals surface area contributed by atoms with Gasteiger partial charge >= 0.3 is 0 Å². The molecule has 0 fully saturated rings. The third-order valence-corrected chi connectivity index (χ3v) is 4.41. The summed E-state index contributed by atoms with van der Waals surface area (Å²) in [6.45, 7) is 12.0. The van der Waals surface area contributed by atoms with Crippen LogP contribution in [0.3, 0.4) is 0 Å². The Bertz CT molecular complexity index is 494. The van der Waals surface area contributed by atoms with E-state index in [1.165, 1.54) is 11.3 Å². The van der Waals surface area contributed by atoms with Crippen LogP contribution in [-0.2, 0) is 6.54 Å². The van der Waals surface area contributed by atoms with Crippen LogP contribution in [0.4, 0.5) is 5.69 Å². The van der Waals surface area contributed by atoms with Crippen molar-refractivity contribution < 1.29 is 4.74 Å². The van der Waals surface area contributed by atoms with Crippen molar-refractivity contribution in [2.75, 3.05) is 12.0 Å². The van der Waals surface area contributed by atoms with Gasteiger partial charge in [-0.25, -0.2) is 0 Å². The third-order valence-electron chi connectivity index (χ3n) is 4.41.